The average molecular weight is 536 g/mol. The van der Waals surface area contributed by atoms with Gasteiger partial charge in [0, 0.05) is 38.2 Å². The van der Waals surface area contributed by atoms with Crippen molar-refractivity contribution in [2.75, 3.05) is 45.7 Å². The third-order valence-electron chi connectivity index (χ3n) is 6.90. The van der Waals surface area contributed by atoms with Crippen LogP contribution in [0, 0.1) is 0 Å². The number of rotatable bonds is 13. The normalized spacial score (nSPS) is 16.2. The maximum Gasteiger partial charge on any atom is 0.264 e. The molecule has 37 heavy (non-hydrogen) atoms. The van der Waals surface area contributed by atoms with Gasteiger partial charge in [-0.25, -0.2) is 13.9 Å². The highest BCUT2D eigenvalue weighted by Gasteiger charge is 2.43. The maximum atomic E-state index is 12.6. The fourth-order valence-electron chi connectivity index (χ4n) is 4.16. The smallest absolute Gasteiger partial charge is 0.264 e. The van der Waals surface area contributed by atoms with Crippen molar-refractivity contribution in [1.29, 1.82) is 0 Å². The second-order valence-corrected chi connectivity index (χ2v) is 12.0. The number of nitrogens with one attached hydrogen (secondary N) is 1. The largest absolute Gasteiger partial charge is 0.494 e. The number of carbonyl (C=O) groups is 1. The first-order chi connectivity index (χ1) is 17.6. The van der Waals surface area contributed by atoms with Gasteiger partial charge in [-0.3, -0.25) is 19.7 Å². The van der Waals surface area contributed by atoms with E-state index in [1.165, 1.54) is 23.0 Å². The molecular weight excluding hydrogens is 498 g/mol. The number of aromatic nitrogens is 1. The highest BCUT2D eigenvalue weighted by atomic mass is 32.2. The fraction of sp³-hybridized carbons (Fsp3) is 0.538. The van der Waals surface area contributed by atoms with E-state index in [1.807, 2.05) is 24.3 Å². The van der Waals surface area contributed by atoms with Crippen LogP contribution in [-0.4, -0.2) is 79.5 Å². The molecule has 0 spiro atoms. The molecule has 3 rings (SSSR count). The van der Waals surface area contributed by atoms with Gasteiger partial charge in [-0.1, -0.05) is 12.1 Å². The van der Waals surface area contributed by atoms with E-state index in [-0.39, 0.29) is 18.5 Å². The topological polar surface area (TPSA) is 127 Å². The molecule has 0 bridgehead atoms. The summed E-state index contributed by atoms with van der Waals surface area (Å²) in [6.07, 6.45) is 5.57. The van der Waals surface area contributed by atoms with Crippen molar-refractivity contribution in [1.82, 2.24) is 14.9 Å². The van der Waals surface area contributed by atoms with Gasteiger partial charge in [0.2, 0.25) is 0 Å². The minimum absolute atomic E-state index is 0.00463. The molecule has 1 aromatic heterocycles. The Morgan fingerprint density at radius 1 is 1.08 bits per heavy atom. The molecule has 1 amide bonds. The summed E-state index contributed by atoms with van der Waals surface area (Å²) in [4.78, 5) is 27.1. The molecule has 2 heterocycles. The molecule has 1 unspecified atom stereocenters. The van der Waals surface area contributed by atoms with Gasteiger partial charge in [0.25, 0.3) is 11.5 Å². The summed E-state index contributed by atoms with van der Waals surface area (Å²) in [5, 5.41) is 8.95. The lowest BCUT2D eigenvalue weighted by atomic mass is 10.1. The second-order valence-electron chi connectivity index (χ2n) is 9.53. The Bertz CT molecular complexity index is 1190. The fourth-order valence-corrected chi connectivity index (χ4v) is 5.01. The van der Waals surface area contributed by atoms with E-state index < -0.39 is 20.5 Å². The lowest BCUT2D eigenvalue weighted by Crippen LogP contribution is -2.49. The zero-order chi connectivity index (χ0) is 26.9. The van der Waals surface area contributed by atoms with Crippen molar-refractivity contribution >= 4 is 15.7 Å². The molecule has 0 radical (unpaired) electrons. The van der Waals surface area contributed by atoms with Crippen LogP contribution in [-0.2, 0) is 25.9 Å². The minimum Gasteiger partial charge on any atom is -0.494 e. The molecule has 0 aliphatic carbocycles. The predicted octanol–water partition coefficient (Wildman–Crippen LogP) is 2.10. The summed E-state index contributed by atoms with van der Waals surface area (Å²) in [6, 6.07) is 10.8. The molecule has 1 aromatic carbocycles. The Labute approximate surface area is 218 Å². The Morgan fingerprint density at radius 3 is 2.41 bits per heavy atom. The third kappa shape index (κ3) is 7.88. The van der Waals surface area contributed by atoms with Gasteiger partial charge in [0.05, 0.1) is 19.8 Å². The van der Waals surface area contributed by atoms with E-state index >= 15 is 0 Å². The number of pyridine rings is 1. The summed E-state index contributed by atoms with van der Waals surface area (Å²) in [6.45, 7) is 6.67. The monoisotopic (exact) mass is 535 g/mol. The molecule has 1 aliphatic rings. The molecule has 11 heteroatoms. The van der Waals surface area contributed by atoms with Gasteiger partial charge in [-0.05, 0) is 68.5 Å². The number of hydroxylamine groups is 1. The summed E-state index contributed by atoms with van der Waals surface area (Å²) in [5.41, 5.74) is 2.65. The van der Waals surface area contributed by atoms with Crippen LogP contribution in [0.3, 0.4) is 0 Å². The summed E-state index contributed by atoms with van der Waals surface area (Å²) in [5.74, 6) is -0.262. The van der Waals surface area contributed by atoms with Crippen LogP contribution in [0.25, 0.3) is 11.1 Å². The summed E-state index contributed by atoms with van der Waals surface area (Å²) in [7, 11) is -3.84. The molecule has 1 atom stereocenters. The van der Waals surface area contributed by atoms with Gasteiger partial charge in [-0.2, -0.15) is 0 Å². The van der Waals surface area contributed by atoms with E-state index in [0.717, 1.165) is 75.2 Å². The number of unbranched alkanes of at least 4 members (excludes halogenated alkanes) is 2. The van der Waals surface area contributed by atoms with Gasteiger partial charge < -0.3 is 14.0 Å². The van der Waals surface area contributed by atoms with E-state index in [4.69, 9.17) is 14.7 Å². The molecule has 204 valence electrons. The second kappa shape index (κ2) is 13.2. The average Bonchev–Trinajstić information content (AvgIpc) is 2.89. The van der Waals surface area contributed by atoms with Crippen LogP contribution >= 0.6 is 0 Å². The Kier molecular flexibility index (Phi) is 10.3. The molecule has 1 saturated heterocycles. The molecule has 1 aliphatic heterocycles. The lowest BCUT2D eigenvalue weighted by molar-refractivity contribution is -0.131. The first kappa shape index (κ1) is 28.8. The number of hydrogen-bond acceptors (Lipinski definition) is 8. The molecular formula is C26H37N3O7S. The number of carbonyl (C=O) groups excluding carboxylic acids is 1. The van der Waals surface area contributed by atoms with Crippen LogP contribution in [0.2, 0.25) is 0 Å². The molecule has 2 aromatic rings. The van der Waals surface area contributed by atoms with Crippen LogP contribution in [0.5, 0.6) is 5.75 Å². The highest BCUT2D eigenvalue weighted by molar-refractivity contribution is 7.92. The number of morpholine rings is 1. The van der Waals surface area contributed by atoms with E-state index in [1.54, 1.807) is 12.3 Å². The number of ether oxygens (including phenoxy) is 2. The Balaban J connectivity index is 1.49. The standard InChI is InChI=1S/C26H37N3O7S/c1-26(25(31)27-32,37(2,33)34)11-14-29-13-10-22(20-24(29)30)21-6-8-23(9-7-21)36-17-5-3-4-12-28-15-18-35-19-16-28/h6-10,13,20,32H,3-5,11-12,14-19H2,1-2H3,(H,27,31). The van der Waals surface area contributed by atoms with Gasteiger partial charge in [0.1, 0.15) is 5.75 Å². The van der Waals surface area contributed by atoms with Crippen LogP contribution in [0.4, 0.5) is 0 Å². The minimum atomic E-state index is -3.84. The quantitative estimate of drug-likeness (QED) is 0.227. The van der Waals surface area contributed by atoms with Crippen LogP contribution < -0.4 is 15.8 Å². The first-order valence-electron chi connectivity index (χ1n) is 12.5. The lowest BCUT2D eigenvalue weighted by Gasteiger charge is -2.26. The van der Waals surface area contributed by atoms with E-state index in [2.05, 4.69) is 4.90 Å². The molecule has 0 saturated carbocycles. The number of sulfone groups is 1. The zero-order valence-electron chi connectivity index (χ0n) is 21.5. The number of hydrogen-bond donors (Lipinski definition) is 2. The number of benzene rings is 1. The van der Waals surface area contributed by atoms with E-state index in [0.29, 0.717) is 6.61 Å². The SMILES string of the molecule is CC(CCn1ccc(-c2ccc(OCCCCCN3CCOCC3)cc2)cc1=O)(C(=O)NO)S(C)(=O)=O. The first-order valence-corrected chi connectivity index (χ1v) is 14.4. The molecule has 1 fully saturated rings. The summed E-state index contributed by atoms with van der Waals surface area (Å²) >= 11 is 0. The maximum absolute atomic E-state index is 12.6. The van der Waals surface area contributed by atoms with Crippen molar-refractivity contribution < 1.29 is 27.9 Å². The zero-order valence-corrected chi connectivity index (χ0v) is 22.3. The van der Waals surface area contributed by atoms with Crippen molar-refractivity contribution in [3.8, 4) is 16.9 Å². The number of amides is 1. The van der Waals surface area contributed by atoms with Gasteiger partial charge in [0.15, 0.2) is 14.6 Å². The Morgan fingerprint density at radius 2 is 1.78 bits per heavy atom. The van der Waals surface area contributed by atoms with Crippen molar-refractivity contribution in [3.05, 3.63) is 52.9 Å². The van der Waals surface area contributed by atoms with Crippen LogP contribution in [0.15, 0.2) is 47.4 Å². The highest BCUT2D eigenvalue weighted by Crippen LogP contribution is 2.24. The predicted molar refractivity (Wildman–Crippen MR) is 141 cm³/mol. The molecule has 2 N–H and O–H groups in total. The molecule has 10 nitrogen and oxygen atoms in total. The van der Waals surface area contributed by atoms with Crippen LogP contribution in [0.1, 0.15) is 32.6 Å². The Hall–Kier alpha value is -2.73. The van der Waals surface area contributed by atoms with Crippen molar-refractivity contribution in [2.45, 2.75) is 43.9 Å². The van der Waals surface area contributed by atoms with Crippen molar-refractivity contribution in [3.63, 3.8) is 0 Å². The van der Waals surface area contributed by atoms with Crippen molar-refractivity contribution in [2.24, 2.45) is 0 Å². The van der Waals surface area contributed by atoms with Gasteiger partial charge in [-0.15, -0.1) is 0 Å². The summed E-state index contributed by atoms with van der Waals surface area (Å²) < 4.78 is 34.9. The number of nitrogens with zero attached hydrogens (tertiary/aromatic N) is 2. The van der Waals surface area contributed by atoms with E-state index in [9.17, 15) is 18.0 Å². The third-order valence-corrected chi connectivity index (χ3v) is 8.93. The van der Waals surface area contributed by atoms with Gasteiger partial charge >= 0.3 is 0 Å². The number of aryl methyl sites for hydroxylation is 1.